The SMILES string of the molecule is CC/C=C/C=C/[C@]1(C)OC(N)=C(C(=O)OC)C1=O. The van der Waals surface area contributed by atoms with Crippen LogP contribution in [0.4, 0.5) is 0 Å². The van der Waals surface area contributed by atoms with Gasteiger partial charge in [-0.05, 0) is 19.4 Å². The highest BCUT2D eigenvalue weighted by Crippen LogP contribution is 2.30. The zero-order chi connectivity index (χ0) is 13.8. The van der Waals surface area contributed by atoms with E-state index in [1.165, 1.54) is 7.11 Å². The number of ketones is 1. The molecule has 0 aliphatic carbocycles. The number of rotatable bonds is 4. The van der Waals surface area contributed by atoms with Gasteiger partial charge in [-0.15, -0.1) is 0 Å². The van der Waals surface area contributed by atoms with Crippen molar-refractivity contribution >= 4 is 11.8 Å². The number of esters is 1. The number of Topliss-reactive ketones (excluding diaryl/α,β-unsaturated/α-hetero) is 1. The van der Waals surface area contributed by atoms with Gasteiger partial charge in [0, 0.05) is 0 Å². The van der Waals surface area contributed by atoms with Crippen molar-refractivity contribution in [3.05, 3.63) is 35.8 Å². The van der Waals surface area contributed by atoms with E-state index in [9.17, 15) is 9.59 Å². The predicted octanol–water partition coefficient (Wildman–Crippen LogP) is 1.21. The van der Waals surface area contributed by atoms with Crippen molar-refractivity contribution in [2.24, 2.45) is 5.73 Å². The van der Waals surface area contributed by atoms with Crippen molar-refractivity contribution in [2.75, 3.05) is 7.11 Å². The van der Waals surface area contributed by atoms with Crippen LogP contribution in [0.3, 0.4) is 0 Å². The molecule has 0 amide bonds. The maximum Gasteiger partial charge on any atom is 0.347 e. The lowest BCUT2D eigenvalue weighted by Gasteiger charge is -2.17. The Morgan fingerprint density at radius 1 is 1.50 bits per heavy atom. The van der Waals surface area contributed by atoms with E-state index in [0.717, 1.165) is 6.42 Å². The molecule has 5 nitrogen and oxygen atoms in total. The molecule has 98 valence electrons. The third-order valence-electron chi connectivity index (χ3n) is 2.53. The number of hydrogen-bond donors (Lipinski definition) is 1. The molecule has 5 heteroatoms. The van der Waals surface area contributed by atoms with Crippen LogP contribution >= 0.6 is 0 Å². The summed E-state index contributed by atoms with van der Waals surface area (Å²) >= 11 is 0. The molecule has 18 heavy (non-hydrogen) atoms. The van der Waals surface area contributed by atoms with E-state index >= 15 is 0 Å². The molecule has 1 rings (SSSR count). The topological polar surface area (TPSA) is 78.6 Å². The molecule has 1 aliphatic rings. The average molecular weight is 251 g/mol. The Bertz CT molecular complexity index is 448. The van der Waals surface area contributed by atoms with Crippen molar-refractivity contribution in [1.29, 1.82) is 0 Å². The second-order valence-corrected chi connectivity index (χ2v) is 3.96. The summed E-state index contributed by atoms with van der Waals surface area (Å²) in [7, 11) is 1.19. The molecular formula is C13H17NO4. The minimum Gasteiger partial charge on any atom is -0.465 e. The maximum absolute atomic E-state index is 12.1. The highest BCUT2D eigenvalue weighted by Gasteiger charge is 2.46. The highest BCUT2D eigenvalue weighted by atomic mass is 16.5. The lowest BCUT2D eigenvalue weighted by Crippen LogP contribution is -2.33. The van der Waals surface area contributed by atoms with Crippen molar-refractivity contribution in [3.63, 3.8) is 0 Å². The van der Waals surface area contributed by atoms with Crippen LogP contribution in [0.2, 0.25) is 0 Å². The van der Waals surface area contributed by atoms with E-state index in [-0.39, 0.29) is 11.5 Å². The molecule has 0 saturated carbocycles. The molecule has 0 spiro atoms. The zero-order valence-corrected chi connectivity index (χ0v) is 10.7. The number of carbonyl (C=O) groups is 2. The summed E-state index contributed by atoms with van der Waals surface area (Å²) in [5, 5.41) is 0. The van der Waals surface area contributed by atoms with E-state index in [0.29, 0.717) is 0 Å². The van der Waals surface area contributed by atoms with Gasteiger partial charge in [0.25, 0.3) is 0 Å². The van der Waals surface area contributed by atoms with Gasteiger partial charge in [-0.2, -0.15) is 0 Å². The van der Waals surface area contributed by atoms with Crippen LogP contribution in [0, 0.1) is 0 Å². The third-order valence-corrected chi connectivity index (χ3v) is 2.53. The smallest absolute Gasteiger partial charge is 0.347 e. The first kappa shape index (κ1) is 14.0. The van der Waals surface area contributed by atoms with Crippen LogP contribution in [0.25, 0.3) is 0 Å². The van der Waals surface area contributed by atoms with Gasteiger partial charge in [0.05, 0.1) is 7.11 Å². The molecular weight excluding hydrogens is 234 g/mol. The first-order chi connectivity index (χ1) is 8.46. The maximum atomic E-state index is 12.1. The van der Waals surface area contributed by atoms with Crippen LogP contribution < -0.4 is 5.73 Å². The molecule has 0 aromatic rings. The summed E-state index contributed by atoms with van der Waals surface area (Å²) in [6, 6.07) is 0. The summed E-state index contributed by atoms with van der Waals surface area (Å²) in [5.74, 6) is -1.47. The molecule has 0 aromatic heterocycles. The molecule has 0 unspecified atom stereocenters. The largest absolute Gasteiger partial charge is 0.465 e. The third kappa shape index (κ3) is 2.61. The average Bonchev–Trinajstić information content (AvgIpc) is 2.55. The minimum absolute atomic E-state index is 0.196. The Morgan fingerprint density at radius 2 is 2.17 bits per heavy atom. The molecule has 1 heterocycles. The highest BCUT2D eigenvalue weighted by molar-refractivity contribution is 6.22. The fourth-order valence-electron chi connectivity index (χ4n) is 1.54. The minimum atomic E-state index is -1.24. The fraction of sp³-hybridized carbons (Fsp3) is 0.385. The van der Waals surface area contributed by atoms with E-state index < -0.39 is 17.4 Å². The van der Waals surface area contributed by atoms with Gasteiger partial charge in [-0.25, -0.2) is 4.79 Å². The Balaban J connectivity index is 2.92. The molecule has 2 N–H and O–H groups in total. The van der Waals surface area contributed by atoms with Gasteiger partial charge in [-0.1, -0.05) is 25.2 Å². The zero-order valence-electron chi connectivity index (χ0n) is 10.7. The molecule has 0 aromatic carbocycles. The Labute approximate surface area is 106 Å². The van der Waals surface area contributed by atoms with Gasteiger partial charge in [0.1, 0.15) is 0 Å². The number of methoxy groups -OCH3 is 1. The van der Waals surface area contributed by atoms with Gasteiger partial charge < -0.3 is 15.2 Å². The molecule has 0 fully saturated rings. The van der Waals surface area contributed by atoms with Crippen LogP contribution in [-0.2, 0) is 19.1 Å². The number of ether oxygens (including phenoxy) is 2. The summed E-state index contributed by atoms with van der Waals surface area (Å²) < 4.78 is 9.76. The van der Waals surface area contributed by atoms with Crippen molar-refractivity contribution in [3.8, 4) is 0 Å². The summed E-state index contributed by atoms with van der Waals surface area (Å²) in [4.78, 5) is 23.5. The van der Waals surface area contributed by atoms with Gasteiger partial charge in [-0.3, -0.25) is 4.79 Å². The Kier molecular flexibility index (Phi) is 4.31. The van der Waals surface area contributed by atoms with Gasteiger partial charge >= 0.3 is 5.97 Å². The summed E-state index contributed by atoms with van der Waals surface area (Å²) in [5.41, 5.74) is 4.06. The van der Waals surface area contributed by atoms with Crippen molar-refractivity contribution < 1.29 is 19.1 Å². The first-order valence-electron chi connectivity index (χ1n) is 5.62. The quantitative estimate of drug-likeness (QED) is 0.461. The standard InChI is InChI=1S/C13H17NO4/c1-4-5-6-7-8-13(2)10(15)9(11(14)18-13)12(16)17-3/h5-8H,4,14H2,1-3H3/b6-5+,8-7+/t13-/m0/s1. The Morgan fingerprint density at radius 3 is 2.72 bits per heavy atom. The monoisotopic (exact) mass is 251 g/mol. The number of carbonyl (C=O) groups excluding carboxylic acids is 2. The van der Waals surface area contributed by atoms with Crippen LogP contribution in [0.15, 0.2) is 35.8 Å². The predicted molar refractivity (Wildman–Crippen MR) is 66.3 cm³/mol. The van der Waals surface area contributed by atoms with E-state index in [1.807, 2.05) is 13.0 Å². The molecule has 0 bridgehead atoms. The van der Waals surface area contributed by atoms with Crippen molar-refractivity contribution in [1.82, 2.24) is 0 Å². The molecule has 0 radical (unpaired) electrons. The van der Waals surface area contributed by atoms with E-state index in [2.05, 4.69) is 4.74 Å². The number of nitrogens with two attached hydrogens (primary N) is 1. The first-order valence-corrected chi connectivity index (χ1v) is 5.62. The summed E-state index contributed by atoms with van der Waals surface area (Å²) in [6.07, 6.45) is 7.87. The second-order valence-electron chi connectivity index (χ2n) is 3.96. The molecule has 1 aliphatic heterocycles. The van der Waals surface area contributed by atoms with Crippen molar-refractivity contribution in [2.45, 2.75) is 25.9 Å². The van der Waals surface area contributed by atoms with E-state index in [4.69, 9.17) is 10.5 Å². The Hall–Kier alpha value is -2.04. The molecule has 0 saturated heterocycles. The lowest BCUT2D eigenvalue weighted by molar-refractivity contribution is -0.138. The number of hydrogen-bond acceptors (Lipinski definition) is 5. The van der Waals surface area contributed by atoms with Crippen LogP contribution in [-0.4, -0.2) is 24.5 Å². The van der Waals surface area contributed by atoms with Crippen LogP contribution in [0.5, 0.6) is 0 Å². The second kappa shape index (κ2) is 5.53. The normalized spacial score (nSPS) is 24.1. The van der Waals surface area contributed by atoms with Gasteiger partial charge in [0.2, 0.25) is 11.7 Å². The van der Waals surface area contributed by atoms with Gasteiger partial charge in [0.15, 0.2) is 11.2 Å². The number of allylic oxidation sites excluding steroid dienone is 3. The summed E-state index contributed by atoms with van der Waals surface area (Å²) in [6.45, 7) is 3.55. The lowest BCUT2D eigenvalue weighted by atomic mass is 9.96. The van der Waals surface area contributed by atoms with Crippen LogP contribution in [0.1, 0.15) is 20.3 Å². The van der Waals surface area contributed by atoms with E-state index in [1.54, 1.807) is 25.2 Å². The fourth-order valence-corrected chi connectivity index (χ4v) is 1.54. The molecule has 1 atom stereocenters.